The summed E-state index contributed by atoms with van der Waals surface area (Å²) in [4.78, 5) is 15.5. The second-order valence-corrected chi connectivity index (χ2v) is 5.37. The number of hydrogen-bond acceptors (Lipinski definition) is 3. The molecule has 114 valence electrons. The molecule has 1 aliphatic carbocycles. The monoisotopic (exact) mass is 302 g/mol. The highest BCUT2D eigenvalue weighted by Crippen LogP contribution is 2.51. The van der Waals surface area contributed by atoms with Crippen molar-refractivity contribution in [1.29, 1.82) is 0 Å². The number of aromatic nitrogens is 1. The largest absolute Gasteiger partial charge is 0.492 e. The zero-order valence-corrected chi connectivity index (χ0v) is 10.9. The minimum absolute atomic E-state index is 0.280. The van der Waals surface area contributed by atoms with Crippen molar-refractivity contribution in [2.24, 2.45) is 17.8 Å². The lowest BCUT2D eigenvalue weighted by atomic mass is 10.3. The van der Waals surface area contributed by atoms with E-state index in [0.717, 1.165) is 12.3 Å². The van der Waals surface area contributed by atoms with Gasteiger partial charge in [-0.3, -0.25) is 0 Å². The number of likely N-dealkylation sites (tertiary alicyclic amines) is 1. The molecule has 5 nitrogen and oxygen atoms in total. The summed E-state index contributed by atoms with van der Waals surface area (Å²) in [6, 6.07) is 2.13. The first-order valence-corrected chi connectivity index (χ1v) is 6.50. The van der Waals surface area contributed by atoms with Gasteiger partial charge in [-0.1, -0.05) is 0 Å². The van der Waals surface area contributed by atoms with E-state index in [9.17, 15) is 18.0 Å². The summed E-state index contributed by atoms with van der Waals surface area (Å²) in [5.74, 6) is 1.19. The Hall–Kier alpha value is -1.99. The van der Waals surface area contributed by atoms with E-state index in [1.165, 1.54) is 11.0 Å². The number of fused-ring (bicyclic) bond motifs is 1. The number of nitrogens with zero attached hydrogens (tertiary/aromatic N) is 2. The molecule has 1 N–H and O–H groups in total. The maximum atomic E-state index is 12.3. The Morgan fingerprint density at radius 1 is 1.38 bits per heavy atom. The fourth-order valence-electron chi connectivity index (χ4n) is 2.88. The molecule has 2 aliphatic rings. The Labute approximate surface area is 118 Å². The van der Waals surface area contributed by atoms with Gasteiger partial charge in [0.25, 0.3) is 0 Å². The molecule has 1 aliphatic heterocycles. The van der Waals surface area contributed by atoms with Gasteiger partial charge in [0.1, 0.15) is 11.4 Å². The lowest BCUT2D eigenvalue weighted by Crippen LogP contribution is -2.30. The maximum absolute atomic E-state index is 12.3. The van der Waals surface area contributed by atoms with Gasteiger partial charge in [0.2, 0.25) is 0 Å². The zero-order valence-electron chi connectivity index (χ0n) is 10.9. The van der Waals surface area contributed by atoms with E-state index in [4.69, 9.17) is 9.84 Å². The van der Waals surface area contributed by atoms with Crippen molar-refractivity contribution in [2.45, 2.75) is 6.18 Å². The standard InChI is InChI=1S/C13H13F3N2O3/c14-13(15,16)11-2-1-7(3-17-11)21-6-10-8-4-18(12(19)20)5-9(8)10/h1-3,8-10H,4-6H2,(H,19,20)/t8-,9+,10-. The molecule has 1 saturated heterocycles. The topological polar surface area (TPSA) is 62.7 Å². The van der Waals surface area contributed by atoms with Crippen LogP contribution in [0.4, 0.5) is 18.0 Å². The Balaban J connectivity index is 1.49. The molecule has 3 rings (SSSR count). The van der Waals surface area contributed by atoms with E-state index in [2.05, 4.69) is 4.98 Å². The van der Waals surface area contributed by atoms with Crippen molar-refractivity contribution in [3.8, 4) is 5.75 Å². The molecule has 0 aromatic carbocycles. The molecule has 1 saturated carbocycles. The first-order valence-electron chi connectivity index (χ1n) is 6.50. The van der Waals surface area contributed by atoms with Crippen molar-refractivity contribution in [3.63, 3.8) is 0 Å². The van der Waals surface area contributed by atoms with E-state index in [0.29, 0.717) is 37.3 Å². The molecule has 1 aromatic rings. The summed E-state index contributed by atoms with van der Waals surface area (Å²) in [5, 5.41) is 8.83. The Bertz CT molecular complexity index is 535. The van der Waals surface area contributed by atoms with Gasteiger partial charge in [0.15, 0.2) is 0 Å². The molecule has 2 fully saturated rings. The Kier molecular flexibility index (Phi) is 3.18. The highest BCUT2D eigenvalue weighted by molar-refractivity contribution is 5.65. The van der Waals surface area contributed by atoms with Gasteiger partial charge in [-0.15, -0.1) is 0 Å². The molecular weight excluding hydrogens is 289 g/mol. The van der Waals surface area contributed by atoms with Crippen molar-refractivity contribution >= 4 is 6.09 Å². The van der Waals surface area contributed by atoms with Crippen molar-refractivity contribution < 1.29 is 27.8 Å². The van der Waals surface area contributed by atoms with Crippen LogP contribution in [0.15, 0.2) is 18.3 Å². The normalized spacial score (nSPS) is 27.4. The molecule has 1 amide bonds. The molecule has 0 spiro atoms. The molecule has 0 bridgehead atoms. The fraction of sp³-hybridized carbons (Fsp3) is 0.538. The quantitative estimate of drug-likeness (QED) is 0.931. The third-order valence-corrected chi connectivity index (χ3v) is 4.11. The van der Waals surface area contributed by atoms with Crippen LogP contribution in [0.5, 0.6) is 5.75 Å². The molecule has 3 atom stereocenters. The van der Waals surface area contributed by atoms with Crippen LogP contribution in [0, 0.1) is 17.8 Å². The summed E-state index contributed by atoms with van der Waals surface area (Å²) >= 11 is 0. The number of rotatable bonds is 3. The number of carbonyl (C=O) groups is 1. The van der Waals surface area contributed by atoms with Crippen molar-refractivity contribution in [2.75, 3.05) is 19.7 Å². The third-order valence-electron chi connectivity index (χ3n) is 4.11. The molecule has 0 radical (unpaired) electrons. The van der Waals surface area contributed by atoms with E-state index < -0.39 is 18.0 Å². The minimum atomic E-state index is -4.45. The summed E-state index contributed by atoms with van der Waals surface area (Å²) in [7, 11) is 0. The van der Waals surface area contributed by atoms with Gasteiger partial charge >= 0.3 is 12.3 Å². The Morgan fingerprint density at radius 2 is 2.05 bits per heavy atom. The van der Waals surface area contributed by atoms with Crippen LogP contribution in [0.3, 0.4) is 0 Å². The number of hydrogen-bond donors (Lipinski definition) is 1. The van der Waals surface area contributed by atoms with Crippen LogP contribution < -0.4 is 4.74 Å². The van der Waals surface area contributed by atoms with Crippen LogP contribution in [0.1, 0.15) is 5.69 Å². The van der Waals surface area contributed by atoms with Crippen LogP contribution in [-0.2, 0) is 6.18 Å². The lowest BCUT2D eigenvalue weighted by Gasteiger charge is -2.16. The second kappa shape index (κ2) is 4.78. The first-order chi connectivity index (χ1) is 9.86. The van der Waals surface area contributed by atoms with Gasteiger partial charge in [0.05, 0.1) is 12.8 Å². The highest BCUT2D eigenvalue weighted by atomic mass is 19.4. The first kappa shape index (κ1) is 14.0. The summed E-state index contributed by atoms with van der Waals surface area (Å²) < 4.78 is 42.5. The number of alkyl halides is 3. The third kappa shape index (κ3) is 2.74. The average molecular weight is 302 g/mol. The maximum Gasteiger partial charge on any atom is 0.433 e. The number of ether oxygens (including phenoxy) is 1. The van der Waals surface area contributed by atoms with Gasteiger partial charge < -0.3 is 14.7 Å². The lowest BCUT2D eigenvalue weighted by molar-refractivity contribution is -0.141. The number of piperidine rings is 1. The number of pyridine rings is 1. The van der Waals surface area contributed by atoms with Gasteiger partial charge in [-0.25, -0.2) is 9.78 Å². The second-order valence-electron chi connectivity index (χ2n) is 5.37. The predicted octanol–water partition coefficient (Wildman–Crippen LogP) is 2.34. The molecule has 21 heavy (non-hydrogen) atoms. The predicted molar refractivity (Wildman–Crippen MR) is 64.8 cm³/mol. The molecule has 8 heteroatoms. The van der Waals surface area contributed by atoms with Crippen molar-refractivity contribution in [3.05, 3.63) is 24.0 Å². The van der Waals surface area contributed by atoms with Gasteiger partial charge in [-0.2, -0.15) is 13.2 Å². The number of amides is 1. The van der Waals surface area contributed by atoms with E-state index >= 15 is 0 Å². The minimum Gasteiger partial charge on any atom is -0.492 e. The van der Waals surface area contributed by atoms with Crippen LogP contribution in [0.2, 0.25) is 0 Å². The average Bonchev–Trinajstić information content (AvgIpc) is 2.86. The molecular formula is C13H13F3N2O3. The summed E-state index contributed by atoms with van der Waals surface area (Å²) in [5.41, 5.74) is -0.949. The molecule has 1 aromatic heterocycles. The van der Waals surface area contributed by atoms with Gasteiger partial charge in [-0.05, 0) is 24.0 Å². The van der Waals surface area contributed by atoms with Crippen LogP contribution in [0.25, 0.3) is 0 Å². The number of halogens is 3. The number of carboxylic acid groups (broad SMARTS) is 1. The van der Waals surface area contributed by atoms with Crippen LogP contribution >= 0.6 is 0 Å². The zero-order chi connectivity index (χ0) is 15.2. The van der Waals surface area contributed by atoms with E-state index in [-0.39, 0.29) is 5.92 Å². The fourth-order valence-corrected chi connectivity index (χ4v) is 2.88. The highest BCUT2D eigenvalue weighted by Gasteiger charge is 2.57. The summed E-state index contributed by atoms with van der Waals surface area (Å²) in [6.07, 6.45) is -4.30. The molecule has 0 unspecified atom stereocenters. The Morgan fingerprint density at radius 3 is 2.52 bits per heavy atom. The van der Waals surface area contributed by atoms with Crippen molar-refractivity contribution in [1.82, 2.24) is 9.88 Å². The SMILES string of the molecule is O=C(O)N1C[C@@H]2[C@H](COc3ccc(C(F)(F)F)nc3)[C@@H]2C1. The summed E-state index contributed by atoms with van der Waals surface area (Å²) in [6.45, 7) is 1.41. The van der Waals surface area contributed by atoms with E-state index in [1.54, 1.807) is 0 Å². The smallest absolute Gasteiger partial charge is 0.433 e. The molecule has 2 heterocycles. The van der Waals surface area contributed by atoms with E-state index in [1.807, 2.05) is 0 Å². The van der Waals surface area contributed by atoms with Crippen LogP contribution in [-0.4, -0.2) is 40.8 Å². The van der Waals surface area contributed by atoms with Gasteiger partial charge in [0, 0.05) is 19.0 Å².